The van der Waals surface area contributed by atoms with Gasteiger partial charge in [0.15, 0.2) is 12.1 Å². The Kier molecular flexibility index (Phi) is 5.75. The predicted molar refractivity (Wildman–Crippen MR) is 80.9 cm³/mol. The van der Waals surface area contributed by atoms with Crippen LogP contribution in [0.15, 0.2) is 30.3 Å². The van der Waals surface area contributed by atoms with Crippen molar-refractivity contribution in [2.45, 2.75) is 24.8 Å². The van der Waals surface area contributed by atoms with Crippen LogP contribution in [0.5, 0.6) is 0 Å². The summed E-state index contributed by atoms with van der Waals surface area (Å²) < 4.78 is 19.5. The summed E-state index contributed by atoms with van der Waals surface area (Å²) in [5.41, 5.74) is 0.801. The van der Waals surface area contributed by atoms with Gasteiger partial charge in [0.25, 0.3) is 0 Å². The fourth-order valence-corrected chi connectivity index (χ4v) is 2.45. The minimum atomic E-state index is -1.09. The Bertz CT molecular complexity index is 604. The van der Waals surface area contributed by atoms with Crippen LogP contribution in [-0.4, -0.2) is 62.4 Å². The van der Waals surface area contributed by atoms with E-state index in [1.54, 1.807) is 12.1 Å². The zero-order valence-corrected chi connectivity index (χ0v) is 13.6. The first-order valence-corrected chi connectivity index (χ1v) is 7.22. The first-order chi connectivity index (χ1) is 11.5. The number of rotatable bonds is 6. The molecule has 1 aromatic carbocycles. The third-order valence-electron chi connectivity index (χ3n) is 3.71. The first kappa shape index (κ1) is 17.7. The molecule has 8 heteroatoms. The van der Waals surface area contributed by atoms with Gasteiger partial charge in [-0.25, -0.2) is 14.4 Å². The van der Waals surface area contributed by atoms with Gasteiger partial charge in [-0.1, -0.05) is 30.3 Å². The first-order valence-electron chi connectivity index (χ1n) is 7.22. The molecule has 1 aromatic rings. The predicted octanol–water partition coefficient (Wildman–Crippen LogP) is 0.737. The highest BCUT2D eigenvalue weighted by Crippen LogP contribution is 2.35. The zero-order chi connectivity index (χ0) is 17.7. The fraction of sp³-hybridized carbons (Fsp3) is 0.438. The minimum absolute atomic E-state index is 0.0483. The number of nitrogens with zero attached hydrogens (tertiary/aromatic N) is 1. The highest BCUT2D eigenvalue weighted by molar-refractivity contribution is 5.91. The van der Waals surface area contributed by atoms with Gasteiger partial charge < -0.3 is 18.9 Å². The Labute approximate surface area is 139 Å². The molecule has 0 saturated carbocycles. The molecule has 0 bridgehead atoms. The molecule has 0 spiro atoms. The molecule has 3 atom stereocenters. The fourth-order valence-electron chi connectivity index (χ4n) is 2.45. The molecule has 0 N–H and O–H groups in total. The van der Waals surface area contributed by atoms with Gasteiger partial charge in [-0.05, 0) is 5.56 Å². The highest BCUT2D eigenvalue weighted by atomic mass is 16.6. The number of esters is 2. The van der Waals surface area contributed by atoms with Crippen LogP contribution >= 0.6 is 0 Å². The molecule has 0 radical (unpaired) electrons. The Morgan fingerprint density at radius 3 is 2.29 bits per heavy atom. The average Bonchev–Trinajstić information content (AvgIpc) is 3.35. The molecular weight excluding hydrogens is 318 g/mol. The third-order valence-corrected chi connectivity index (χ3v) is 3.71. The number of ether oxygens (including phenoxy) is 4. The smallest absolute Gasteiger partial charge is 0.411 e. The van der Waals surface area contributed by atoms with Crippen LogP contribution < -0.4 is 0 Å². The van der Waals surface area contributed by atoms with Crippen molar-refractivity contribution in [3.63, 3.8) is 0 Å². The molecule has 1 saturated heterocycles. The van der Waals surface area contributed by atoms with Crippen LogP contribution in [0, 0.1) is 0 Å². The molecule has 1 aliphatic rings. The van der Waals surface area contributed by atoms with Crippen molar-refractivity contribution in [3.05, 3.63) is 35.9 Å². The molecule has 1 aliphatic heterocycles. The second-order valence-electron chi connectivity index (χ2n) is 5.09. The lowest BCUT2D eigenvalue weighted by Gasteiger charge is -2.12. The molecule has 1 fully saturated rings. The number of hydrogen-bond acceptors (Lipinski definition) is 7. The zero-order valence-electron chi connectivity index (χ0n) is 13.6. The van der Waals surface area contributed by atoms with Gasteiger partial charge in [0, 0.05) is 7.11 Å². The van der Waals surface area contributed by atoms with Crippen LogP contribution in [0.1, 0.15) is 5.56 Å². The molecule has 8 nitrogen and oxygen atoms in total. The number of carbonyl (C=O) groups is 3. The van der Waals surface area contributed by atoms with Crippen LogP contribution in [0.3, 0.4) is 0 Å². The van der Waals surface area contributed by atoms with Crippen LogP contribution in [0.4, 0.5) is 4.79 Å². The van der Waals surface area contributed by atoms with Crippen molar-refractivity contribution in [1.82, 2.24) is 4.90 Å². The van der Waals surface area contributed by atoms with E-state index in [9.17, 15) is 14.4 Å². The lowest BCUT2D eigenvalue weighted by Crippen LogP contribution is -2.34. The van der Waals surface area contributed by atoms with E-state index in [4.69, 9.17) is 9.47 Å². The summed E-state index contributed by atoms with van der Waals surface area (Å²) in [5, 5.41) is 0. The molecule has 2 rings (SSSR count). The molecule has 0 aromatic heterocycles. The highest BCUT2D eigenvalue weighted by Gasteiger charge is 2.63. The summed E-state index contributed by atoms with van der Waals surface area (Å²) in [7, 11) is 3.69. The molecule has 1 heterocycles. The van der Waals surface area contributed by atoms with E-state index in [0.29, 0.717) is 0 Å². The Morgan fingerprint density at radius 2 is 1.75 bits per heavy atom. The summed E-state index contributed by atoms with van der Waals surface area (Å²) in [6.07, 6.45) is -1.83. The SMILES string of the molecule is COC(=O)[C@@H](OC)[C@H]1[C@@H](C(=O)OC)N1C(=O)OCc1ccccc1. The van der Waals surface area contributed by atoms with E-state index in [-0.39, 0.29) is 6.61 Å². The second kappa shape index (κ2) is 7.78. The Morgan fingerprint density at radius 1 is 1.08 bits per heavy atom. The number of amides is 1. The second-order valence-corrected chi connectivity index (χ2v) is 5.09. The van der Waals surface area contributed by atoms with E-state index in [0.717, 1.165) is 10.5 Å². The number of carbonyl (C=O) groups excluding carboxylic acids is 3. The summed E-state index contributed by atoms with van der Waals surface area (Å²) in [5.74, 6) is -1.34. The molecule has 130 valence electrons. The summed E-state index contributed by atoms with van der Waals surface area (Å²) in [6.45, 7) is 0.0483. The molecule has 24 heavy (non-hydrogen) atoms. The number of methoxy groups -OCH3 is 3. The van der Waals surface area contributed by atoms with Gasteiger partial charge in [-0.15, -0.1) is 0 Å². The van der Waals surface area contributed by atoms with E-state index >= 15 is 0 Å². The van der Waals surface area contributed by atoms with Gasteiger partial charge >= 0.3 is 18.0 Å². The maximum atomic E-state index is 12.2. The molecule has 0 unspecified atom stereocenters. The van der Waals surface area contributed by atoms with Crippen LogP contribution in [0.2, 0.25) is 0 Å². The maximum absolute atomic E-state index is 12.2. The Hall–Kier alpha value is -2.61. The monoisotopic (exact) mass is 337 g/mol. The van der Waals surface area contributed by atoms with E-state index < -0.39 is 36.2 Å². The topological polar surface area (TPSA) is 91.1 Å². The molecular formula is C16H19NO7. The third kappa shape index (κ3) is 3.65. The van der Waals surface area contributed by atoms with Crippen molar-refractivity contribution in [1.29, 1.82) is 0 Å². The Balaban J connectivity index is 2.06. The number of hydrogen-bond donors (Lipinski definition) is 0. The van der Waals surface area contributed by atoms with Crippen molar-refractivity contribution < 1.29 is 33.3 Å². The lowest BCUT2D eigenvalue weighted by molar-refractivity contribution is -0.152. The molecule has 1 amide bonds. The van der Waals surface area contributed by atoms with Crippen LogP contribution in [-0.2, 0) is 35.1 Å². The summed E-state index contributed by atoms with van der Waals surface area (Å²) >= 11 is 0. The number of benzene rings is 1. The van der Waals surface area contributed by atoms with E-state index in [1.807, 2.05) is 18.2 Å². The van der Waals surface area contributed by atoms with Gasteiger partial charge in [-0.2, -0.15) is 0 Å². The normalized spacial score (nSPS) is 20.0. The van der Waals surface area contributed by atoms with E-state index in [1.165, 1.54) is 21.3 Å². The standard InChI is InChI=1S/C16H19NO7/c1-21-13(15(19)23-3)11-12(14(18)22-2)17(11)16(20)24-9-10-7-5-4-6-8-10/h4-8,11-13H,9H2,1-3H3/t11-,12+,13+,17?/m1/s1. The van der Waals surface area contributed by atoms with Gasteiger partial charge in [0.05, 0.1) is 14.2 Å². The summed E-state index contributed by atoms with van der Waals surface area (Å²) in [6, 6.07) is 7.32. The summed E-state index contributed by atoms with van der Waals surface area (Å²) in [4.78, 5) is 36.9. The van der Waals surface area contributed by atoms with Gasteiger partial charge in [0.2, 0.25) is 0 Å². The quantitative estimate of drug-likeness (QED) is 0.429. The van der Waals surface area contributed by atoms with Crippen molar-refractivity contribution in [2.75, 3.05) is 21.3 Å². The molecule has 0 aliphatic carbocycles. The lowest BCUT2D eigenvalue weighted by atomic mass is 10.2. The minimum Gasteiger partial charge on any atom is -0.467 e. The maximum Gasteiger partial charge on any atom is 0.411 e. The van der Waals surface area contributed by atoms with Crippen molar-refractivity contribution in [3.8, 4) is 0 Å². The van der Waals surface area contributed by atoms with Gasteiger partial charge in [0.1, 0.15) is 12.6 Å². The van der Waals surface area contributed by atoms with Crippen molar-refractivity contribution >= 4 is 18.0 Å². The van der Waals surface area contributed by atoms with E-state index in [2.05, 4.69) is 9.47 Å². The van der Waals surface area contributed by atoms with Crippen molar-refractivity contribution in [2.24, 2.45) is 0 Å². The average molecular weight is 337 g/mol. The van der Waals surface area contributed by atoms with Gasteiger partial charge in [-0.3, -0.25) is 4.90 Å². The largest absolute Gasteiger partial charge is 0.467 e. The van der Waals surface area contributed by atoms with Crippen LogP contribution in [0.25, 0.3) is 0 Å².